The Hall–Kier alpha value is -6.84. The molecule has 11 rings (SSSR count). The fourth-order valence-corrected chi connectivity index (χ4v) is 8.33. The van der Waals surface area contributed by atoms with E-state index >= 15 is 0 Å². The Kier molecular flexibility index (Phi) is 5.96. The normalized spacial score (nSPS) is 13.1. The van der Waals surface area contributed by atoms with E-state index in [0.717, 1.165) is 34.2 Å². The Bertz CT molecular complexity index is 3100. The highest BCUT2D eigenvalue weighted by Gasteiger charge is 2.33. The van der Waals surface area contributed by atoms with Crippen molar-refractivity contribution in [2.24, 2.45) is 4.99 Å². The van der Waals surface area contributed by atoms with Gasteiger partial charge in [0.25, 0.3) is 11.7 Å². The lowest BCUT2D eigenvalue weighted by atomic mass is 9.92. The van der Waals surface area contributed by atoms with Gasteiger partial charge in [-0.05, 0) is 86.9 Å². The maximum atomic E-state index is 5.10. The van der Waals surface area contributed by atoms with Gasteiger partial charge in [0.05, 0.1) is 22.2 Å². The molecule has 236 valence electrons. The molecule has 1 aliphatic heterocycles. The van der Waals surface area contributed by atoms with Crippen LogP contribution in [-0.2, 0) is 0 Å². The minimum absolute atomic E-state index is 0.947. The first-order valence-corrected chi connectivity index (χ1v) is 17.5. The monoisotopic (exact) mass is 648 g/mol. The molecule has 0 saturated carbocycles. The van der Waals surface area contributed by atoms with E-state index in [-0.39, 0.29) is 0 Å². The molecule has 0 atom stereocenters. The van der Waals surface area contributed by atoms with E-state index in [2.05, 4.69) is 185 Å². The van der Waals surface area contributed by atoms with E-state index in [4.69, 9.17) is 4.99 Å². The van der Waals surface area contributed by atoms with Crippen molar-refractivity contribution in [3.8, 4) is 5.69 Å². The summed E-state index contributed by atoms with van der Waals surface area (Å²) in [5, 5.41) is 12.8. The largest absolute Gasteiger partial charge is 0.309 e. The molecule has 0 fully saturated rings. The molecule has 0 radical (unpaired) electrons. The van der Waals surface area contributed by atoms with E-state index in [1.54, 1.807) is 0 Å². The molecular formula is C48H30N3+. The number of fused-ring (bicyclic) bond motifs is 12. The highest BCUT2D eigenvalue weighted by atomic mass is 15.2. The molecule has 9 aromatic carbocycles. The second-order valence-corrected chi connectivity index (χ2v) is 13.3. The lowest BCUT2D eigenvalue weighted by molar-refractivity contribution is -0.319. The Morgan fingerprint density at radius 1 is 0.392 bits per heavy atom. The first kappa shape index (κ1) is 28.0. The zero-order valence-electron chi connectivity index (χ0n) is 27.7. The van der Waals surface area contributed by atoms with Gasteiger partial charge >= 0.3 is 0 Å². The molecule has 1 aromatic heterocycles. The Balaban J connectivity index is 1.19. The number of benzene rings is 9. The lowest BCUT2D eigenvalue weighted by Crippen LogP contribution is -2.34. The topological polar surface area (TPSA) is 20.3 Å². The molecule has 3 heteroatoms. The number of aromatic nitrogens is 1. The van der Waals surface area contributed by atoms with Gasteiger partial charge in [-0.25, -0.2) is 0 Å². The van der Waals surface area contributed by atoms with Gasteiger partial charge in [0.2, 0.25) is 0 Å². The van der Waals surface area contributed by atoms with Gasteiger partial charge in [-0.15, -0.1) is 0 Å². The standard InChI is InChI=1S/C48H30N3/c1-3-15-33(16-4-1)47-49-48(51(47)35-17-5-2-6-18-35)34-23-27-36(28-24-34)50-42-30-26-32-14-8-10-20-38(32)44(42)45-43-37-19-9-7-13-31(37)25-29-40(43)39-21-11-12-22-41(39)46(45)50/h1-30H/q+1. The Labute approximate surface area is 294 Å². The fraction of sp³-hybridized carbons (Fsp3) is 0. The van der Waals surface area contributed by atoms with Gasteiger partial charge in [0.1, 0.15) is 5.69 Å². The summed E-state index contributed by atoms with van der Waals surface area (Å²) in [6.07, 6.45) is 0. The maximum absolute atomic E-state index is 5.10. The number of hydrogen-bond donors (Lipinski definition) is 0. The molecule has 1 aliphatic rings. The average molecular weight is 649 g/mol. The van der Waals surface area contributed by atoms with Gasteiger partial charge in [0.15, 0.2) is 0 Å². The predicted octanol–water partition coefficient (Wildman–Crippen LogP) is 11.9. The molecule has 0 aliphatic carbocycles. The van der Waals surface area contributed by atoms with Gasteiger partial charge in [-0.3, -0.25) is 0 Å². The minimum Gasteiger partial charge on any atom is -0.309 e. The van der Waals surface area contributed by atoms with Crippen molar-refractivity contribution in [1.82, 2.24) is 4.57 Å². The van der Waals surface area contributed by atoms with Crippen molar-refractivity contribution in [2.75, 3.05) is 0 Å². The van der Waals surface area contributed by atoms with Crippen molar-refractivity contribution < 1.29 is 4.58 Å². The molecule has 3 nitrogen and oxygen atoms in total. The van der Waals surface area contributed by atoms with Crippen LogP contribution in [0.4, 0.5) is 5.69 Å². The van der Waals surface area contributed by atoms with Gasteiger partial charge in [-0.1, -0.05) is 132 Å². The number of para-hydroxylation sites is 1. The second kappa shape index (κ2) is 10.8. The summed E-state index contributed by atoms with van der Waals surface area (Å²) in [5.74, 6) is 1.91. The minimum atomic E-state index is 0.947. The summed E-state index contributed by atoms with van der Waals surface area (Å²) < 4.78 is 4.76. The van der Waals surface area contributed by atoms with Crippen LogP contribution in [-0.4, -0.2) is 20.8 Å². The van der Waals surface area contributed by atoms with Crippen LogP contribution in [0.5, 0.6) is 0 Å². The molecular weight excluding hydrogens is 619 g/mol. The second-order valence-electron chi connectivity index (χ2n) is 13.3. The predicted molar refractivity (Wildman–Crippen MR) is 214 cm³/mol. The summed E-state index contributed by atoms with van der Waals surface area (Å²) in [5.41, 5.74) is 6.84. The SMILES string of the molecule is c1ccc(C2=[N+](c3ccccc3)C(c3ccc(-n4c5ccc6ccccc6c5c5c6c7ccccc7ccc6c6ccccc6c54)cc3)=N2)cc1. The van der Waals surface area contributed by atoms with Crippen LogP contribution in [0, 0.1) is 0 Å². The van der Waals surface area contributed by atoms with Crippen molar-refractivity contribution >= 4 is 82.3 Å². The Morgan fingerprint density at radius 2 is 0.980 bits per heavy atom. The highest BCUT2D eigenvalue weighted by molar-refractivity contribution is 6.39. The first-order valence-electron chi connectivity index (χ1n) is 17.5. The molecule has 0 spiro atoms. The van der Waals surface area contributed by atoms with Crippen molar-refractivity contribution in [3.63, 3.8) is 0 Å². The van der Waals surface area contributed by atoms with Crippen LogP contribution in [0.3, 0.4) is 0 Å². The lowest BCUT2D eigenvalue weighted by Gasteiger charge is -2.19. The summed E-state index contributed by atoms with van der Waals surface area (Å²) >= 11 is 0. The van der Waals surface area contributed by atoms with E-state index in [0.29, 0.717) is 0 Å². The third-order valence-electron chi connectivity index (χ3n) is 10.6. The van der Waals surface area contributed by atoms with Gasteiger partial charge < -0.3 is 4.57 Å². The third kappa shape index (κ3) is 4.06. The van der Waals surface area contributed by atoms with E-state index < -0.39 is 0 Å². The summed E-state index contributed by atoms with van der Waals surface area (Å²) in [6.45, 7) is 0. The molecule has 10 aromatic rings. The zero-order valence-corrected chi connectivity index (χ0v) is 27.7. The van der Waals surface area contributed by atoms with Crippen LogP contribution in [0.25, 0.3) is 70.6 Å². The van der Waals surface area contributed by atoms with Crippen LogP contribution in [0.2, 0.25) is 0 Å². The molecule has 0 N–H and O–H groups in total. The summed E-state index contributed by atoms with van der Waals surface area (Å²) in [6, 6.07) is 65.6. The average Bonchev–Trinajstić information content (AvgIpc) is 3.54. The third-order valence-corrected chi connectivity index (χ3v) is 10.6. The van der Waals surface area contributed by atoms with Crippen LogP contribution in [0.15, 0.2) is 187 Å². The first-order chi connectivity index (χ1) is 25.3. The molecule has 2 heterocycles. The smallest absolute Gasteiger partial charge is 0.279 e. The van der Waals surface area contributed by atoms with Crippen molar-refractivity contribution in [2.45, 2.75) is 0 Å². The van der Waals surface area contributed by atoms with Gasteiger partial charge in [0, 0.05) is 27.2 Å². The van der Waals surface area contributed by atoms with E-state index in [9.17, 15) is 0 Å². The quantitative estimate of drug-likeness (QED) is 0.134. The van der Waals surface area contributed by atoms with Crippen LogP contribution < -0.4 is 0 Å². The number of hydrogen-bond acceptors (Lipinski definition) is 1. The molecule has 0 bridgehead atoms. The highest BCUT2D eigenvalue weighted by Crippen LogP contribution is 2.46. The molecule has 0 unspecified atom stereocenters. The zero-order chi connectivity index (χ0) is 33.5. The number of aliphatic imine (C=N–C) groups is 1. The van der Waals surface area contributed by atoms with E-state index in [1.165, 1.54) is 64.9 Å². The Morgan fingerprint density at radius 3 is 1.71 bits per heavy atom. The molecule has 0 amide bonds. The van der Waals surface area contributed by atoms with Crippen molar-refractivity contribution in [3.05, 3.63) is 193 Å². The summed E-state index contributed by atoms with van der Waals surface area (Å²) in [7, 11) is 0. The molecule has 51 heavy (non-hydrogen) atoms. The molecule has 0 saturated heterocycles. The van der Waals surface area contributed by atoms with Gasteiger partial charge in [-0.2, -0.15) is 4.58 Å². The number of nitrogens with zero attached hydrogens (tertiary/aromatic N) is 3. The summed E-state index contributed by atoms with van der Waals surface area (Å²) in [4.78, 5) is 5.10. The van der Waals surface area contributed by atoms with Crippen LogP contribution in [0.1, 0.15) is 11.1 Å². The number of rotatable bonds is 4. The fourth-order valence-electron chi connectivity index (χ4n) is 8.33. The van der Waals surface area contributed by atoms with E-state index in [1.807, 2.05) is 6.07 Å². The number of amidine groups is 2. The maximum Gasteiger partial charge on any atom is 0.279 e. The van der Waals surface area contributed by atoms with Crippen LogP contribution >= 0.6 is 0 Å². The van der Waals surface area contributed by atoms with Crippen molar-refractivity contribution in [1.29, 1.82) is 0 Å².